The fourth-order valence-electron chi connectivity index (χ4n) is 3.08. The highest BCUT2D eigenvalue weighted by Crippen LogP contribution is 2.52. The second kappa shape index (κ2) is 5.40. The zero-order valence-electron chi connectivity index (χ0n) is 12.0. The Kier molecular flexibility index (Phi) is 3.91. The predicted molar refractivity (Wildman–Crippen MR) is 83.8 cm³/mol. The summed E-state index contributed by atoms with van der Waals surface area (Å²) in [6.45, 7) is 6.42. The molecule has 1 saturated carbocycles. The van der Waals surface area contributed by atoms with E-state index in [1.165, 1.54) is 12.8 Å². The average molecular weight is 314 g/mol. The standard InChI is InChI=1S/C16H21Cl2NO/c1-10(2)16(4-5-16)9-19-14-3-6-20-15-12(14)7-11(17)8-13(15)18/h7-8,10,14,19H,3-6,9H2,1-2H3. The molecule has 1 unspecified atom stereocenters. The molecule has 1 aliphatic carbocycles. The Balaban J connectivity index is 1.77. The van der Waals surface area contributed by atoms with Crippen molar-refractivity contribution in [2.45, 2.75) is 39.2 Å². The third kappa shape index (κ3) is 2.66. The molecule has 110 valence electrons. The van der Waals surface area contributed by atoms with Crippen LogP contribution in [0.25, 0.3) is 0 Å². The van der Waals surface area contributed by atoms with Crippen LogP contribution in [0.2, 0.25) is 10.0 Å². The molecular formula is C16H21Cl2NO. The van der Waals surface area contributed by atoms with Crippen LogP contribution in [0, 0.1) is 11.3 Å². The summed E-state index contributed by atoms with van der Waals surface area (Å²) in [4.78, 5) is 0. The maximum absolute atomic E-state index is 6.23. The molecule has 2 aliphatic rings. The van der Waals surface area contributed by atoms with E-state index in [9.17, 15) is 0 Å². The van der Waals surface area contributed by atoms with E-state index in [4.69, 9.17) is 27.9 Å². The molecule has 1 aromatic carbocycles. The highest BCUT2D eigenvalue weighted by molar-refractivity contribution is 6.35. The largest absolute Gasteiger partial charge is 0.492 e. The van der Waals surface area contributed by atoms with E-state index < -0.39 is 0 Å². The van der Waals surface area contributed by atoms with E-state index in [1.807, 2.05) is 6.07 Å². The van der Waals surface area contributed by atoms with Gasteiger partial charge in [0.1, 0.15) is 5.75 Å². The van der Waals surface area contributed by atoms with E-state index in [1.54, 1.807) is 6.07 Å². The van der Waals surface area contributed by atoms with Crippen LogP contribution in [0.4, 0.5) is 0 Å². The minimum absolute atomic E-state index is 0.297. The molecule has 0 spiro atoms. The monoisotopic (exact) mass is 313 g/mol. The van der Waals surface area contributed by atoms with Crippen molar-refractivity contribution in [1.29, 1.82) is 0 Å². The molecule has 0 saturated heterocycles. The minimum Gasteiger partial charge on any atom is -0.492 e. The van der Waals surface area contributed by atoms with Gasteiger partial charge in [-0.3, -0.25) is 0 Å². The predicted octanol–water partition coefficient (Wildman–Crippen LogP) is 4.84. The number of fused-ring (bicyclic) bond motifs is 1. The molecule has 1 aliphatic heterocycles. The van der Waals surface area contributed by atoms with E-state index in [2.05, 4.69) is 19.2 Å². The van der Waals surface area contributed by atoms with Crippen molar-refractivity contribution in [2.75, 3.05) is 13.2 Å². The summed E-state index contributed by atoms with van der Waals surface area (Å²) >= 11 is 12.4. The molecule has 3 rings (SSSR count). The van der Waals surface area contributed by atoms with Crippen LogP contribution in [0.1, 0.15) is 44.7 Å². The van der Waals surface area contributed by atoms with Crippen LogP contribution in [0.3, 0.4) is 0 Å². The lowest BCUT2D eigenvalue weighted by atomic mass is 9.91. The van der Waals surface area contributed by atoms with Gasteiger partial charge in [-0.2, -0.15) is 0 Å². The van der Waals surface area contributed by atoms with Crippen molar-refractivity contribution >= 4 is 23.2 Å². The Hall–Kier alpha value is -0.440. The Morgan fingerprint density at radius 1 is 1.35 bits per heavy atom. The number of hydrogen-bond acceptors (Lipinski definition) is 2. The van der Waals surface area contributed by atoms with Gasteiger partial charge >= 0.3 is 0 Å². The number of benzene rings is 1. The van der Waals surface area contributed by atoms with Crippen LogP contribution >= 0.6 is 23.2 Å². The Morgan fingerprint density at radius 2 is 2.10 bits per heavy atom. The minimum atomic E-state index is 0.297. The van der Waals surface area contributed by atoms with Gasteiger partial charge in [0.2, 0.25) is 0 Å². The second-order valence-electron chi connectivity index (χ2n) is 6.39. The maximum Gasteiger partial charge on any atom is 0.142 e. The summed E-state index contributed by atoms with van der Waals surface area (Å²) in [6.07, 6.45) is 3.64. The van der Waals surface area contributed by atoms with E-state index in [0.717, 1.165) is 30.2 Å². The lowest BCUT2D eigenvalue weighted by Gasteiger charge is -2.30. The third-order valence-corrected chi connectivity index (χ3v) is 5.38. The van der Waals surface area contributed by atoms with Crippen LogP contribution in [0.15, 0.2) is 12.1 Å². The van der Waals surface area contributed by atoms with Crippen LogP contribution in [-0.4, -0.2) is 13.2 Å². The van der Waals surface area contributed by atoms with Gasteiger partial charge in [-0.1, -0.05) is 37.0 Å². The smallest absolute Gasteiger partial charge is 0.142 e. The van der Waals surface area contributed by atoms with Crippen LogP contribution in [0.5, 0.6) is 5.75 Å². The molecule has 1 fully saturated rings. The normalized spacial score (nSPS) is 23.4. The van der Waals surface area contributed by atoms with Gasteiger partial charge in [0.05, 0.1) is 11.6 Å². The van der Waals surface area contributed by atoms with Crippen molar-refractivity contribution in [3.63, 3.8) is 0 Å². The second-order valence-corrected chi connectivity index (χ2v) is 7.24. The summed E-state index contributed by atoms with van der Waals surface area (Å²) in [5.41, 5.74) is 1.61. The summed E-state index contributed by atoms with van der Waals surface area (Å²) in [5.74, 6) is 1.53. The van der Waals surface area contributed by atoms with Gasteiger partial charge < -0.3 is 10.1 Å². The fraction of sp³-hybridized carbons (Fsp3) is 0.625. The topological polar surface area (TPSA) is 21.3 Å². The summed E-state index contributed by atoms with van der Waals surface area (Å²) < 4.78 is 5.70. The molecule has 1 heterocycles. The molecule has 0 amide bonds. The SMILES string of the molecule is CC(C)C1(CNC2CCOc3c(Cl)cc(Cl)cc32)CC1. The first-order valence-electron chi connectivity index (χ1n) is 7.37. The molecule has 0 bridgehead atoms. The van der Waals surface area contributed by atoms with Crippen molar-refractivity contribution in [2.24, 2.45) is 11.3 Å². The lowest BCUT2D eigenvalue weighted by molar-refractivity contribution is 0.238. The first kappa shape index (κ1) is 14.5. The van der Waals surface area contributed by atoms with E-state index in [0.29, 0.717) is 28.1 Å². The van der Waals surface area contributed by atoms with Crippen molar-refractivity contribution < 1.29 is 4.74 Å². The third-order valence-electron chi connectivity index (χ3n) is 4.88. The van der Waals surface area contributed by atoms with Gasteiger partial charge in [0.25, 0.3) is 0 Å². The number of ether oxygens (including phenoxy) is 1. The molecule has 0 aromatic heterocycles. The van der Waals surface area contributed by atoms with Gasteiger partial charge in [-0.15, -0.1) is 0 Å². The Morgan fingerprint density at radius 3 is 2.75 bits per heavy atom. The van der Waals surface area contributed by atoms with Crippen LogP contribution in [-0.2, 0) is 0 Å². The first-order chi connectivity index (χ1) is 9.52. The first-order valence-corrected chi connectivity index (χ1v) is 8.12. The van der Waals surface area contributed by atoms with Crippen molar-refractivity contribution in [1.82, 2.24) is 5.32 Å². The quantitative estimate of drug-likeness (QED) is 0.858. The van der Waals surface area contributed by atoms with Gasteiger partial charge in [0, 0.05) is 29.6 Å². The van der Waals surface area contributed by atoms with Crippen LogP contribution < -0.4 is 10.1 Å². The lowest BCUT2D eigenvalue weighted by Crippen LogP contribution is -2.33. The number of hydrogen-bond donors (Lipinski definition) is 1. The zero-order chi connectivity index (χ0) is 14.3. The molecule has 2 nitrogen and oxygen atoms in total. The van der Waals surface area contributed by atoms with Crippen molar-refractivity contribution in [3.8, 4) is 5.75 Å². The van der Waals surface area contributed by atoms with Gasteiger partial charge in [0.15, 0.2) is 0 Å². The fourth-order valence-corrected chi connectivity index (χ4v) is 3.65. The molecule has 1 N–H and O–H groups in total. The summed E-state index contributed by atoms with van der Waals surface area (Å²) in [6, 6.07) is 4.03. The Labute approximate surface area is 130 Å². The highest BCUT2D eigenvalue weighted by atomic mass is 35.5. The highest BCUT2D eigenvalue weighted by Gasteiger charge is 2.45. The summed E-state index contributed by atoms with van der Waals surface area (Å²) in [5, 5.41) is 5.01. The molecule has 0 radical (unpaired) electrons. The maximum atomic E-state index is 6.23. The number of nitrogens with one attached hydrogen (secondary N) is 1. The molecule has 20 heavy (non-hydrogen) atoms. The average Bonchev–Trinajstić information content (AvgIpc) is 3.17. The van der Waals surface area contributed by atoms with Crippen molar-refractivity contribution in [3.05, 3.63) is 27.7 Å². The Bertz CT molecular complexity index is 511. The molecular weight excluding hydrogens is 293 g/mol. The number of halogens is 2. The van der Waals surface area contributed by atoms with E-state index >= 15 is 0 Å². The summed E-state index contributed by atoms with van der Waals surface area (Å²) in [7, 11) is 0. The zero-order valence-corrected chi connectivity index (χ0v) is 13.5. The molecule has 1 aromatic rings. The molecule has 1 atom stereocenters. The van der Waals surface area contributed by atoms with Gasteiger partial charge in [-0.05, 0) is 36.3 Å². The van der Waals surface area contributed by atoms with E-state index in [-0.39, 0.29) is 0 Å². The number of rotatable bonds is 4. The van der Waals surface area contributed by atoms with Gasteiger partial charge in [-0.25, -0.2) is 0 Å². The molecule has 4 heteroatoms.